The molecule has 1 aliphatic rings. The molecule has 2 unspecified atom stereocenters. The van der Waals surface area contributed by atoms with Crippen molar-refractivity contribution < 1.29 is 9.53 Å². The maximum Gasteiger partial charge on any atom is 0.343 e. The molecule has 5 heteroatoms. The molecule has 2 rings (SSSR count). The van der Waals surface area contributed by atoms with Crippen LogP contribution in [0.4, 0.5) is 5.00 Å². The quantitative estimate of drug-likeness (QED) is 0.834. The lowest BCUT2D eigenvalue weighted by atomic mass is 9.83. The van der Waals surface area contributed by atoms with Gasteiger partial charge in [0.2, 0.25) is 0 Å². The van der Waals surface area contributed by atoms with Crippen LogP contribution in [0.15, 0.2) is 0 Å². The van der Waals surface area contributed by atoms with Crippen molar-refractivity contribution >= 4 is 22.5 Å². The summed E-state index contributed by atoms with van der Waals surface area (Å²) in [7, 11) is 0. The summed E-state index contributed by atoms with van der Waals surface area (Å²) in [6, 6.07) is 0.460. The van der Waals surface area contributed by atoms with Crippen molar-refractivity contribution in [2.24, 2.45) is 5.92 Å². The highest BCUT2D eigenvalue weighted by Crippen LogP contribution is 2.33. The predicted octanol–water partition coefficient (Wildman–Crippen LogP) is 4.01. The number of hydrogen-bond donors (Lipinski definition) is 1. The molecular formula is C15H24N2O2S. The van der Waals surface area contributed by atoms with E-state index in [1.54, 1.807) is 0 Å². The average Bonchev–Trinajstić information content (AvgIpc) is 2.80. The summed E-state index contributed by atoms with van der Waals surface area (Å²) < 4.78 is 9.45. The van der Waals surface area contributed by atoms with Gasteiger partial charge in [-0.1, -0.05) is 26.2 Å². The highest BCUT2D eigenvalue weighted by molar-refractivity contribution is 7.10. The fraction of sp³-hybridized carbons (Fsp3) is 0.733. The second kappa shape index (κ2) is 7.07. The number of rotatable bonds is 5. The second-order valence-electron chi connectivity index (χ2n) is 5.40. The molecule has 1 fully saturated rings. The van der Waals surface area contributed by atoms with Crippen LogP contribution in [0.1, 0.15) is 62.0 Å². The van der Waals surface area contributed by atoms with Crippen molar-refractivity contribution in [3.05, 3.63) is 11.3 Å². The van der Waals surface area contributed by atoms with Gasteiger partial charge in [-0.25, -0.2) is 4.79 Å². The van der Waals surface area contributed by atoms with E-state index in [2.05, 4.69) is 16.6 Å². The molecule has 2 atom stereocenters. The fourth-order valence-corrected chi connectivity index (χ4v) is 3.81. The van der Waals surface area contributed by atoms with Crippen LogP contribution in [-0.4, -0.2) is 23.0 Å². The van der Waals surface area contributed by atoms with Gasteiger partial charge in [-0.05, 0) is 44.1 Å². The minimum atomic E-state index is -0.259. The standard InChI is InChI=1S/C15H24N2O2S/c1-4-11-8-6-7-9-12(11)16-14-13(10(3)17-20-14)15(18)19-5-2/h11-12,16H,4-9H2,1-3H3. The molecule has 0 bridgehead atoms. The van der Waals surface area contributed by atoms with Gasteiger partial charge in [0.1, 0.15) is 10.6 Å². The molecule has 0 spiro atoms. The van der Waals surface area contributed by atoms with Gasteiger partial charge in [-0.15, -0.1) is 0 Å². The number of hydrogen-bond acceptors (Lipinski definition) is 5. The summed E-state index contributed by atoms with van der Waals surface area (Å²) in [6.45, 7) is 6.34. The number of aromatic nitrogens is 1. The van der Waals surface area contributed by atoms with E-state index in [9.17, 15) is 4.79 Å². The highest BCUT2D eigenvalue weighted by atomic mass is 32.1. The lowest BCUT2D eigenvalue weighted by Crippen LogP contribution is -2.32. The first kappa shape index (κ1) is 15.3. The maximum atomic E-state index is 12.0. The summed E-state index contributed by atoms with van der Waals surface area (Å²) in [4.78, 5) is 12.0. The van der Waals surface area contributed by atoms with Crippen LogP contribution in [0.3, 0.4) is 0 Å². The second-order valence-corrected chi connectivity index (χ2v) is 6.17. The van der Waals surface area contributed by atoms with Gasteiger partial charge in [0.05, 0.1) is 12.3 Å². The number of esters is 1. The Morgan fingerprint density at radius 2 is 2.15 bits per heavy atom. The molecule has 0 aliphatic heterocycles. The monoisotopic (exact) mass is 296 g/mol. The fourth-order valence-electron chi connectivity index (χ4n) is 2.97. The Labute approximate surface area is 125 Å². The van der Waals surface area contributed by atoms with Gasteiger partial charge in [-0.2, -0.15) is 4.37 Å². The number of anilines is 1. The molecule has 4 nitrogen and oxygen atoms in total. The Hall–Kier alpha value is -1.10. The van der Waals surface area contributed by atoms with Crippen LogP contribution in [0.25, 0.3) is 0 Å². The third-order valence-corrected chi connectivity index (χ3v) is 4.96. The van der Waals surface area contributed by atoms with Crippen molar-refractivity contribution in [2.45, 2.75) is 58.9 Å². The molecule has 1 heterocycles. The molecule has 0 radical (unpaired) electrons. The molecule has 1 aliphatic carbocycles. The Morgan fingerprint density at radius 3 is 2.85 bits per heavy atom. The van der Waals surface area contributed by atoms with E-state index in [1.807, 2.05) is 13.8 Å². The third-order valence-electron chi connectivity index (χ3n) is 4.09. The smallest absolute Gasteiger partial charge is 0.343 e. The van der Waals surface area contributed by atoms with Gasteiger partial charge < -0.3 is 10.1 Å². The molecule has 0 aromatic carbocycles. The Morgan fingerprint density at radius 1 is 1.40 bits per heavy atom. The molecule has 112 valence electrons. The number of ether oxygens (including phenoxy) is 1. The zero-order valence-electron chi connectivity index (χ0n) is 12.6. The normalized spacial score (nSPS) is 22.6. The van der Waals surface area contributed by atoms with Crippen molar-refractivity contribution in [2.75, 3.05) is 11.9 Å². The first-order valence-electron chi connectivity index (χ1n) is 7.57. The zero-order valence-corrected chi connectivity index (χ0v) is 13.4. The summed E-state index contributed by atoms with van der Waals surface area (Å²) >= 11 is 1.37. The van der Waals surface area contributed by atoms with Crippen molar-refractivity contribution in [3.8, 4) is 0 Å². The molecule has 0 saturated heterocycles. The van der Waals surface area contributed by atoms with E-state index in [0.717, 1.165) is 10.7 Å². The summed E-state index contributed by atoms with van der Waals surface area (Å²) in [5.41, 5.74) is 1.39. The van der Waals surface area contributed by atoms with Crippen LogP contribution < -0.4 is 5.32 Å². The number of carbonyl (C=O) groups is 1. The van der Waals surface area contributed by atoms with E-state index in [1.165, 1.54) is 43.6 Å². The van der Waals surface area contributed by atoms with Crippen LogP contribution in [0, 0.1) is 12.8 Å². The average molecular weight is 296 g/mol. The summed E-state index contributed by atoms with van der Waals surface area (Å²) in [6.07, 6.45) is 6.23. The number of nitrogens with zero attached hydrogens (tertiary/aromatic N) is 1. The first-order valence-corrected chi connectivity index (χ1v) is 8.34. The third kappa shape index (κ3) is 3.32. The SMILES string of the molecule is CCOC(=O)c1c(C)nsc1NC1CCCCC1CC. The first-order chi connectivity index (χ1) is 9.67. The zero-order chi connectivity index (χ0) is 14.5. The van der Waals surface area contributed by atoms with E-state index in [0.29, 0.717) is 24.1 Å². The van der Waals surface area contributed by atoms with Gasteiger partial charge in [0.25, 0.3) is 0 Å². The Bertz CT molecular complexity index is 459. The summed E-state index contributed by atoms with van der Waals surface area (Å²) in [5.74, 6) is 0.436. The number of carbonyl (C=O) groups excluding carboxylic acids is 1. The van der Waals surface area contributed by atoms with Crippen molar-refractivity contribution in [1.82, 2.24) is 4.37 Å². The minimum Gasteiger partial charge on any atom is -0.462 e. The molecule has 20 heavy (non-hydrogen) atoms. The van der Waals surface area contributed by atoms with Gasteiger partial charge in [0, 0.05) is 6.04 Å². The van der Waals surface area contributed by atoms with Crippen LogP contribution in [-0.2, 0) is 4.74 Å². The number of aryl methyl sites for hydroxylation is 1. The largest absolute Gasteiger partial charge is 0.462 e. The van der Waals surface area contributed by atoms with Crippen molar-refractivity contribution in [3.63, 3.8) is 0 Å². The molecule has 1 N–H and O–H groups in total. The van der Waals surface area contributed by atoms with Crippen LogP contribution in [0.5, 0.6) is 0 Å². The van der Waals surface area contributed by atoms with E-state index >= 15 is 0 Å². The molecule has 1 aromatic heterocycles. The topological polar surface area (TPSA) is 51.2 Å². The highest BCUT2D eigenvalue weighted by Gasteiger charge is 2.27. The van der Waals surface area contributed by atoms with Gasteiger partial charge in [-0.3, -0.25) is 0 Å². The van der Waals surface area contributed by atoms with Crippen molar-refractivity contribution in [1.29, 1.82) is 0 Å². The lowest BCUT2D eigenvalue weighted by Gasteiger charge is -2.31. The van der Waals surface area contributed by atoms with Gasteiger partial charge in [0.15, 0.2) is 0 Å². The van der Waals surface area contributed by atoms with Crippen LogP contribution in [0.2, 0.25) is 0 Å². The molecular weight excluding hydrogens is 272 g/mol. The van der Waals surface area contributed by atoms with E-state index in [-0.39, 0.29) is 5.97 Å². The van der Waals surface area contributed by atoms with E-state index in [4.69, 9.17) is 4.74 Å². The maximum absolute atomic E-state index is 12.0. The minimum absolute atomic E-state index is 0.259. The lowest BCUT2D eigenvalue weighted by molar-refractivity contribution is 0.0527. The van der Waals surface area contributed by atoms with E-state index < -0.39 is 0 Å². The molecule has 1 aromatic rings. The predicted molar refractivity (Wildman–Crippen MR) is 82.5 cm³/mol. The Balaban J connectivity index is 2.14. The summed E-state index contributed by atoms with van der Waals surface area (Å²) in [5, 5.41) is 4.45. The number of nitrogens with one attached hydrogen (secondary N) is 1. The Kier molecular flexibility index (Phi) is 5.40. The molecule has 1 saturated carbocycles. The van der Waals surface area contributed by atoms with Gasteiger partial charge >= 0.3 is 5.97 Å². The molecule has 0 amide bonds. The van der Waals surface area contributed by atoms with Crippen LogP contribution >= 0.6 is 11.5 Å².